The highest BCUT2D eigenvalue weighted by molar-refractivity contribution is 7.44. The number of nitrogens with two attached hydrogens (primary N) is 4. The molecule has 0 aliphatic rings. The van der Waals surface area contributed by atoms with E-state index in [2.05, 4.69) is 12.5 Å². The molecule has 12 N–H and O–H groups in total. The molecule has 0 atom stereocenters. The van der Waals surface area contributed by atoms with E-state index in [4.69, 9.17) is 27.1 Å². The summed E-state index contributed by atoms with van der Waals surface area (Å²) >= 11 is 2.83. The van der Waals surface area contributed by atoms with Gasteiger partial charge in [0.2, 0.25) is 0 Å². The van der Waals surface area contributed by atoms with Gasteiger partial charge in [0, 0.05) is 0 Å². The van der Waals surface area contributed by atoms with E-state index in [1.165, 1.54) is 24.3 Å². The molecule has 4 aromatic rings. The Morgan fingerprint density at radius 1 is 0.412 bits per heavy atom. The van der Waals surface area contributed by atoms with Crippen molar-refractivity contribution in [3.8, 4) is 45.3 Å². The molecule has 4 aromatic carbocycles. The zero-order chi connectivity index (χ0) is 25.4. The Morgan fingerprint density at radius 2 is 0.588 bits per heavy atom. The van der Waals surface area contributed by atoms with Crippen molar-refractivity contribution in [1.82, 2.24) is 0 Å². The van der Waals surface area contributed by atoms with Crippen molar-refractivity contribution < 1.29 is 24.6 Å². The predicted octanol–water partition coefficient (Wildman–Crippen LogP) is 3.52. The summed E-state index contributed by atoms with van der Waals surface area (Å²) in [6.45, 7) is 0. The lowest BCUT2D eigenvalue weighted by Crippen LogP contribution is -1.89. The molecule has 176 valence electrons. The third-order valence-corrected chi connectivity index (χ3v) is 4.78. The van der Waals surface area contributed by atoms with E-state index in [9.17, 15) is 20.4 Å². The molecule has 0 fully saturated rings. The first-order valence-electron chi connectivity index (χ1n) is 9.67. The molecule has 34 heavy (non-hydrogen) atoms. The summed E-state index contributed by atoms with van der Waals surface area (Å²) < 4.78 is 7.83. The quantitative estimate of drug-likeness (QED) is 0.155. The minimum absolute atomic E-state index is 0.0514. The molecule has 0 unspecified atom stereocenters. The van der Waals surface area contributed by atoms with Crippen LogP contribution in [0.3, 0.4) is 0 Å². The van der Waals surface area contributed by atoms with Crippen LogP contribution >= 0.6 is 0 Å². The van der Waals surface area contributed by atoms with Gasteiger partial charge in [-0.25, -0.2) is 0 Å². The first kappa shape index (κ1) is 25.6. The molecular weight excluding hydrogens is 456 g/mol. The molecular formula is C24H24N4O5S. The average molecular weight is 481 g/mol. The first-order chi connectivity index (χ1) is 16.2. The zero-order valence-corrected chi connectivity index (χ0v) is 18.7. The summed E-state index contributed by atoms with van der Waals surface area (Å²) in [5.74, 6) is 0.206. The lowest BCUT2D eigenvalue weighted by molar-refractivity contribution is 0.477. The van der Waals surface area contributed by atoms with E-state index in [1.807, 2.05) is 0 Å². The van der Waals surface area contributed by atoms with Crippen molar-refractivity contribution in [3.05, 3.63) is 72.8 Å². The van der Waals surface area contributed by atoms with Crippen LogP contribution in [0.2, 0.25) is 0 Å². The van der Waals surface area contributed by atoms with Crippen LogP contribution in [0.25, 0.3) is 22.3 Å². The normalized spacial score (nSPS) is 9.76. The second-order valence-corrected chi connectivity index (χ2v) is 7.09. The van der Waals surface area contributed by atoms with Gasteiger partial charge < -0.3 is 43.4 Å². The molecule has 0 aliphatic heterocycles. The van der Waals surface area contributed by atoms with E-state index in [0.717, 1.165) is 22.3 Å². The van der Waals surface area contributed by atoms with Crippen molar-refractivity contribution >= 4 is 35.3 Å². The number of rotatable bonds is 2. The van der Waals surface area contributed by atoms with E-state index in [0.29, 0.717) is 22.7 Å². The van der Waals surface area contributed by atoms with Gasteiger partial charge in [0.15, 0.2) is 12.5 Å². The Hall–Kier alpha value is -4.70. The van der Waals surface area contributed by atoms with Gasteiger partial charge in [-0.3, -0.25) is 0 Å². The largest absolute Gasteiger partial charge is 0.506 e. The summed E-state index contributed by atoms with van der Waals surface area (Å²) in [5.41, 5.74) is 27.0. The van der Waals surface area contributed by atoms with Gasteiger partial charge in [0.05, 0.1) is 22.7 Å². The van der Waals surface area contributed by atoms with Crippen LogP contribution in [-0.2, 0) is 12.5 Å². The zero-order valence-electron chi connectivity index (χ0n) is 17.8. The second-order valence-electron chi connectivity index (χ2n) is 7.09. The molecule has 0 heterocycles. The maximum Gasteiger partial charge on any atom is 0.197 e. The Bertz CT molecular complexity index is 1100. The summed E-state index contributed by atoms with van der Waals surface area (Å²) in [7, 11) is 0. The molecule has 0 saturated heterocycles. The molecule has 0 bridgehead atoms. The lowest BCUT2D eigenvalue weighted by Gasteiger charge is -2.06. The van der Waals surface area contributed by atoms with Crippen molar-refractivity contribution in [2.45, 2.75) is 0 Å². The smallest absolute Gasteiger partial charge is 0.197 e. The molecule has 0 aromatic heterocycles. The van der Waals surface area contributed by atoms with E-state index >= 15 is 0 Å². The van der Waals surface area contributed by atoms with E-state index in [1.54, 1.807) is 48.5 Å². The van der Waals surface area contributed by atoms with Crippen LogP contribution in [0.5, 0.6) is 23.0 Å². The standard InChI is InChI=1S/2C12H12N2O2.OS/c2*13-9-5-7(1-3-11(9)15)8-2-4-12(16)10(14)6-8;1-2/h2*1-6,15-16H,13-14H2;. The molecule has 0 amide bonds. The number of phenols is 4. The van der Waals surface area contributed by atoms with Gasteiger partial charge in [-0.15, -0.1) is 0 Å². The van der Waals surface area contributed by atoms with Gasteiger partial charge >= 0.3 is 0 Å². The van der Waals surface area contributed by atoms with Crippen LogP contribution in [0, 0.1) is 0 Å². The van der Waals surface area contributed by atoms with Crippen LogP contribution in [0.1, 0.15) is 0 Å². The number of nitrogen functional groups attached to an aromatic ring is 4. The van der Waals surface area contributed by atoms with Gasteiger partial charge in [-0.1, -0.05) is 24.3 Å². The third-order valence-electron chi connectivity index (χ3n) is 4.78. The third kappa shape index (κ3) is 6.17. The van der Waals surface area contributed by atoms with Gasteiger partial charge in [-0.2, -0.15) is 4.21 Å². The number of anilines is 4. The Kier molecular flexibility index (Phi) is 8.46. The number of hydrogen-bond acceptors (Lipinski definition) is 10. The van der Waals surface area contributed by atoms with Crippen LogP contribution < -0.4 is 22.9 Å². The van der Waals surface area contributed by atoms with Crippen LogP contribution in [0.15, 0.2) is 72.8 Å². The summed E-state index contributed by atoms with van der Waals surface area (Å²) in [6, 6.07) is 19.6. The number of phenolic OH excluding ortho intramolecular Hbond substituents is 4. The second kappa shape index (κ2) is 11.2. The average Bonchev–Trinajstić information content (AvgIpc) is 2.83. The maximum absolute atomic E-state index is 9.30. The highest BCUT2D eigenvalue weighted by atomic mass is 32.1. The van der Waals surface area contributed by atoms with Crippen LogP contribution in [-0.4, -0.2) is 24.6 Å². The van der Waals surface area contributed by atoms with Crippen molar-refractivity contribution in [3.63, 3.8) is 0 Å². The SMILES string of the molecule is Nc1cc(-c2ccc(O)c(N)c2)ccc1O.Nc1cc(-c2ccc(O)c(N)c2)ccc1O.O=S. The monoisotopic (exact) mass is 480 g/mol. The molecule has 4 rings (SSSR count). The topological polar surface area (TPSA) is 202 Å². The first-order valence-corrected chi connectivity index (χ1v) is 10.0. The van der Waals surface area contributed by atoms with Gasteiger partial charge in [0.25, 0.3) is 0 Å². The number of benzene rings is 4. The fourth-order valence-corrected chi connectivity index (χ4v) is 2.94. The fourth-order valence-electron chi connectivity index (χ4n) is 2.94. The minimum Gasteiger partial charge on any atom is -0.506 e. The van der Waals surface area contributed by atoms with Crippen molar-refractivity contribution in [2.75, 3.05) is 22.9 Å². The number of hydrogen-bond donors (Lipinski definition) is 8. The predicted molar refractivity (Wildman–Crippen MR) is 136 cm³/mol. The highest BCUT2D eigenvalue weighted by Gasteiger charge is 2.05. The molecule has 0 spiro atoms. The fraction of sp³-hybridized carbons (Fsp3) is 0. The lowest BCUT2D eigenvalue weighted by atomic mass is 10.0. The highest BCUT2D eigenvalue weighted by Crippen LogP contribution is 2.32. The molecule has 9 nitrogen and oxygen atoms in total. The molecule has 0 radical (unpaired) electrons. The van der Waals surface area contributed by atoms with Crippen molar-refractivity contribution in [1.29, 1.82) is 0 Å². The molecule has 0 saturated carbocycles. The molecule has 10 heteroatoms. The Morgan fingerprint density at radius 3 is 0.735 bits per heavy atom. The molecule has 0 aliphatic carbocycles. The van der Waals surface area contributed by atoms with Crippen LogP contribution in [0.4, 0.5) is 22.7 Å². The minimum atomic E-state index is 0.0514. The van der Waals surface area contributed by atoms with Gasteiger partial charge in [0.1, 0.15) is 23.0 Å². The summed E-state index contributed by atoms with van der Waals surface area (Å²) in [6.07, 6.45) is 0. The van der Waals surface area contributed by atoms with Crippen molar-refractivity contribution in [2.24, 2.45) is 0 Å². The van der Waals surface area contributed by atoms with E-state index < -0.39 is 0 Å². The maximum atomic E-state index is 9.30. The summed E-state index contributed by atoms with van der Waals surface area (Å²) in [4.78, 5) is 0. The van der Waals surface area contributed by atoms with Gasteiger partial charge in [-0.05, 0) is 70.8 Å². The summed E-state index contributed by atoms with van der Waals surface area (Å²) in [5, 5.41) is 37.2. The number of aromatic hydroxyl groups is 4. The Labute approximate surface area is 201 Å². The Balaban J connectivity index is 0.000000224. The van der Waals surface area contributed by atoms with E-state index in [-0.39, 0.29) is 23.0 Å².